The van der Waals surface area contributed by atoms with Gasteiger partial charge in [-0.25, -0.2) is 0 Å². The number of carbonyl (C=O) groups is 1. The fourth-order valence-corrected chi connectivity index (χ4v) is 2.72. The van der Waals surface area contributed by atoms with E-state index < -0.39 is 0 Å². The van der Waals surface area contributed by atoms with Gasteiger partial charge >= 0.3 is 0 Å². The molecule has 2 saturated heterocycles. The SMILES string of the molecule is CC(C)[C@H]1CCN2C(=O)CC[C@@H]2C1. The maximum Gasteiger partial charge on any atom is 0.222 e. The van der Waals surface area contributed by atoms with Gasteiger partial charge in [0, 0.05) is 19.0 Å². The van der Waals surface area contributed by atoms with Crippen molar-refractivity contribution in [2.24, 2.45) is 11.8 Å². The second kappa shape index (κ2) is 3.32. The summed E-state index contributed by atoms with van der Waals surface area (Å²) in [6, 6.07) is 0.591. The molecule has 0 bridgehead atoms. The largest absolute Gasteiger partial charge is 0.340 e. The number of hydrogen-bond donors (Lipinski definition) is 0. The maximum absolute atomic E-state index is 11.4. The molecule has 2 atom stereocenters. The zero-order valence-corrected chi connectivity index (χ0v) is 8.62. The Hall–Kier alpha value is -0.530. The van der Waals surface area contributed by atoms with E-state index >= 15 is 0 Å². The lowest BCUT2D eigenvalue weighted by Gasteiger charge is -2.36. The molecule has 2 nitrogen and oxygen atoms in total. The summed E-state index contributed by atoms with van der Waals surface area (Å²) in [5.41, 5.74) is 0. The monoisotopic (exact) mass is 181 g/mol. The molecular formula is C11H19NO. The van der Waals surface area contributed by atoms with Crippen molar-refractivity contribution in [2.75, 3.05) is 6.54 Å². The van der Waals surface area contributed by atoms with Gasteiger partial charge in [0.2, 0.25) is 5.91 Å². The van der Waals surface area contributed by atoms with Gasteiger partial charge in [0.15, 0.2) is 0 Å². The lowest BCUT2D eigenvalue weighted by atomic mass is 9.83. The predicted octanol–water partition coefficient (Wildman–Crippen LogP) is 2.04. The Morgan fingerprint density at radius 3 is 2.85 bits per heavy atom. The summed E-state index contributed by atoms with van der Waals surface area (Å²) in [5, 5.41) is 0. The number of nitrogens with zero attached hydrogens (tertiary/aromatic N) is 1. The highest BCUT2D eigenvalue weighted by atomic mass is 16.2. The van der Waals surface area contributed by atoms with E-state index in [0.29, 0.717) is 11.9 Å². The highest BCUT2D eigenvalue weighted by molar-refractivity contribution is 5.78. The zero-order valence-electron chi connectivity index (χ0n) is 8.62. The minimum atomic E-state index is 0.396. The predicted molar refractivity (Wildman–Crippen MR) is 52.3 cm³/mol. The van der Waals surface area contributed by atoms with Crippen molar-refractivity contribution in [3.8, 4) is 0 Å². The minimum absolute atomic E-state index is 0.396. The Morgan fingerprint density at radius 2 is 2.15 bits per heavy atom. The van der Waals surface area contributed by atoms with Crippen LogP contribution in [0.4, 0.5) is 0 Å². The van der Waals surface area contributed by atoms with Crippen LogP contribution in [0.2, 0.25) is 0 Å². The highest BCUT2D eigenvalue weighted by Gasteiger charge is 2.36. The maximum atomic E-state index is 11.4. The smallest absolute Gasteiger partial charge is 0.222 e. The van der Waals surface area contributed by atoms with E-state index in [1.807, 2.05) is 0 Å². The summed E-state index contributed by atoms with van der Waals surface area (Å²) >= 11 is 0. The number of amides is 1. The van der Waals surface area contributed by atoms with E-state index in [2.05, 4.69) is 18.7 Å². The lowest BCUT2D eigenvalue weighted by Crippen LogP contribution is -2.41. The summed E-state index contributed by atoms with van der Waals surface area (Å²) in [5.74, 6) is 2.04. The molecule has 2 heterocycles. The zero-order chi connectivity index (χ0) is 9.42. The Balaban J connectivity index is 1.99. The molecule has 2 fully saturated rings. The Morgan fingerprint density at radius 1 is 1.38 bits per heavy atom. The summed E-state index contributed by atoms with van der Waals surface area (Å²) in [4.78, 5) is 13.5. The van der Waals surface area contributed by atoms with Gasteiger partial charge in [0.1, 0.15) is 0 Å². The van der Waals surface area contributed by atoms with Crippen LogP contribution in [0, 0.1) is 11.8 Å². The van der Waals surface area contributed by atoms with Crippen LogP contribution < -0.4 is 0 Å². The van der Waals surface area contributed by atoms with E-state index in [1.54, 1.807) is 0 Å². The van der Waals surface area contributed by atoms with E-state index in [1.165, 1.54) is 12.8 Å². The first-order chi connectivity index (χ1) is 6.18. The molecule has 0 aliphatic carbocycles. The molecule has 0 saturated carbocycles. The summed E-state index contributed by atoms with van der Waals surface area (Å²) in [7, 11) is 0. The van der Waals surface area contributed by atoms with Gasteiger partial charge < -0.3 is 4.90 Å². The second-order valence-corrected chi connectivity index (χ2v) is 4.81. The molecule has 0 spiro atoms. The molecule has 2 aliphatic heterocycles. The van der Waals surface area contributed by atoms with E-state index in [4.69, 9.17) is 0 Å². The number of rotatable bonds is 1. The third kappa shape index (κ3) is 1.59. The third-order valence-electron chi connectivity index (χ3n) is 3.71. The molecule has 0 unspecified atom stereocenters. The van der Waals surface area contributed by atoms with Crippen molar-refractivity contribution >= 4 is 5.91 Å². The van der Waals surface area contributed by atoms with Crippen LogP contribution in [0.1, 0.15) is 39.5 Å². The van der Waals surface area contributed by atoms with Crippen molar-refractivity contribution in [1.29, 1.82) is 0 Å². The fourth-order valence-electron chi connectivity index (χ4n) is 2.72. The summed E-state index contributed by atoms with van der Waals surface area (Å²) in [6.45, 7) is 5.63. The van der Waals surface area contributed by atoms with Gasteiger partial charge in [-0.2, -0.15) is 0 Å². The van der Waals surface area contributed by atoms with Crippen LogP contribution >= 0.6 is 0 Å². The molecule has 0 aromatic heterocycles. The molecule has 0 N–H and O–H groups in total. The van der Waals surface area contributed by atoms with Gasteiger partial charge in [0.25, 0.3) is 0 Å². The van der Waals surface area contributed by atoms with Gasteiger partial charge in [0.05, 0.1) is 0 Å². The van der Waals surface area contributed by atoms with Crippen LogP contribution in [-0.2, 0) is 4.79 Å². The average Bonchev–Trinajstić information content (AvgIpc) is 2.47. The molecule has 0 aromatic rings. The van der Waals surface area contributed by atoms with Crippen LogP contribution in [0.25, 0.3) is 0 Å². The molecule has 0 radical (unpaired) electrons. The molecule has 2 heteroatoms. The standard InChI is InChI=1S/C11H19NO/c1-8(2)9-5-6-12-10(7-9)3-4-11(12)13/h8-10H,3-7H2,1-2H3/t9-,10+/m0/s1. The number of carbonyl (C=O) groups excluding carboxylic acids is 1. The van der Waals surface area contributed by atoms with Gasteiger partial charge in [-0.3, -0.25) is 4.79 Å². The lowest BCUT2D eigenvalue weighted by molar-refractivity contribution is -0.130. The number of piperidine rings is 1. The van der Waals surface area contributed by atoms with Gasteiger partial charge in [-0.05, 0) is 31.1 Å². The summed E-state index contributed by atoms with van der Waals surface area (Å²) in [6.07, 6.45) is 4.39. The highest BCUT2D eigenvalue weighted by Crippen LogP contribution is 2.34. The number of fused-ring (bicyclic) bond motifs is 1. The second-order valence-electron chi connectivity index (χ2n) is 4.81. The van der Waals surface area contributed by atoms with Crippen molar-refractivity contribution in [1.82, 2.24) is 4.90 Å². The molecule has 74 valence electrons. The minimum Gasteiger partial charge on any atom is -0.340 e. The molecule has 2 aliphatic rings. The average molecular weight is 181 g/mol. The topological polar surface area (TPSA) is 20.3 Å². The Labute approximate surface area is 80.3 Å². The van der Waals surface area contributed by atoms with E-state index in [9.17, 15) is 4.79 Å². The molecule has 2 rings (SSSR count). The first-order valence-electron chi connectivity index (χ1n) is 5.48. The van der Waals surface area contributed by atoms with Gasteiger partial charge in [-0.15, -0.1) is 0 Å². The van der Waals surface area contributed by atoms with E-state index in [0.717, 1.165) is 31.2 Å². The first-order valence-corrected chi connectivity index (χ1v) is 5.48. The van der Waals surface area contributed by atoms with Crippen LogP contribution in [-0.4, -0.2) is 23.4 Å². The van der Waals surface area contributed by atoms with Crippen molar-refractivity contribution in [2.45, 2.75) is 45.6 Å². The molecule has 0 aromatic carbocycles. The molecular weight excluding hydrogens is 162 g/mol. The van der Waals surface area contributed by atoms with E-state index in [-0.39, 0.29) is 0 Å². The third-order valence-corrected chi connectivity index (χ3v) is 3.71. The quantitative estimate of drug-likeness (QED) is 0.606. The fraction of sp³-hybridized carbons (Fsp3) is 0.909. The first kappa shape index (κ1) is 9.04. The van der Waals surface area contributed by atoms with Crippen molar-refractivity contribution < 1.29 is 4.79 Å². The Kier molecular flexibility index (Phi) is 2.31. The normalized spacial score (nSPS) is 34.1. The molecule has 13 heavy (non-hydrogen) atoms. The molecule has 1 amide bonds. The van der Waals surface area contributed by atoms with Crippen LogP contribution in [0.15, 0.2) is 0 Å². The Bertz CT molecular complexity index is 212. The van der Waals surface area contributed by atoms with Crippen molar-refractivity contribution in [3.05, 3.63) is 0 Å². The van der Waals surface area contributed by atoms with Crippen LogP contribution in [0.5, 0.6) is 0 Å². The number of hydrogen-bond acceptors (Lipinski definition) is 1. The van der Waals surface area contributed by atoms with Crippen molar-refractivity contribution in [3.63, 3.8) is 0 Å². The van der Waals surface area contributed by atoms with Crippen LogP contribution in [0.3, 0.4) is 0 Å². The summed E-state index contributed by atoms with van der Waals surface area (Å²) < 4.78 is 0. The van der Waals surface area contributed by atoms with Gasteiger partial charge in [-0.1, -0.05) is 13.8 Å².